The van der Waals surface area contributed by atoms with Crippen LogP contribution in [0.5, 0.6) is 5.75 Å². The molecule has 0 saturated carbocycles. The van der Waals surface area contributed by atoms with Crippen LogP contribution >= 0.6 is 11.6 Å². The van der Waals surface area contributed by atoms with E-state index in [2.05, 4.69) is 0 Å². The van der Waals surface area contributed by atoms with Crippen molar-refractivity contribution in [3.05, 3.63) is 62.7 Å². The Morgan fingerprint density at radius 1 is 1.30 bits per heavy atom. The molecule has 6 heteroatoms. The van der Waals surface area contributed by atoms with Gasteiger partial charge in [0.15, 0.2) is 0 Å². The van der Waals surface area contributed by atoms with E-state index in [0.29, 0.717) is 16.3 Å². The van der Waals surface area contributed by atoms with Crippen LogP contribution in [0.2, 0.25) is 5.02 Å². The molecule has 0 unspecified atom stereocenters. The molecule has 0 fully saturated rings. The summed E-state index contributed by atoms with van der Waals surface area (Å²) in [6.07, 6.45) is 0. The van der Waals surface area contributed by atoms with Gasteiger partial charge in [0.25, 0.3) is 5.69 Å². The smallest absolute Gasteiger partial charge is 0.292 e. The number of nitro groups is 1. The third kappa shape index (κ3) is 3.19. The molecule has 0 heterocycles. The van der Waals surface area contributed by atoms with Crippen LogP contribution in [0.15, 0.2) is 36.4 Å². The summed E-state index contributed by atoms with van der Waals surface area (Å²) in [6, 6.07) is 10.0. The number of anilines is 1. The number of nitro benzene ring substituents is 1. The minimum absolute atomic E-state index is 0.124. The maximum Gasteiger partial charge on any atom is 0.292 e. The van der Waals surface area contributed by atoms with Gasteiger partial charge in [0.2, 0.25) is 0 Å². The summed E-state index contributed by atoms with van der Waals surface area (Å²) in [7, 11) is 0. The number of halogens is 1. The first-order chi connectivity index (χ1) is 9.47. The summed E-state index contributed by atoms with van der Waals surface area (Å²) in [4.78, 5) is 10.3. The topological polar surface area (TPSA) is 78.4 Å². The predicted molar refractivity (Wildman–Crippen MR) is 78.0 cm³/mol. The van der Waals surface area contributed by atoms with E-state index in [1.54, 1.807) is 12.1 Å². The van der Waals surface area contributed by atoms with Crippen molar-refractivity contribution in [2.24, 2.45) is 0 Å². The van der Waals surface area contributed by atoms with Crippen molar-refractivity contribution in [3.63, 3.8) is 0 Å². The van der Waals surface area contributed by atoms with E-state index in [-0.39, 0.29) is 18.0 Å². The highest BCUT2D eigenvalue weighted by molar-refractivity contribution is 6.32. The summed E-state index contributed by atoms with van der Waals surface area (Å²) in [5.41, 5.74) is 7.22. The highest BCUT2D eigenvalue weighted by Crippen LogP contribution is 2.27. The Labute approximate surface area is 121 Å². The van der Waals surface area contributed by atoms with Crippen LogP contribution in [0.3, 0.4) is 0 Å². The molecule has 0 bridgehead atoms. The number of rotatable bonds is 4. The summed E-state index contributed by atoms with van der Waals surface area (Å²) < 4.78 is 5.58. The first-order valence-electron chi connectivity index (χ1n) is 5.89. The van der Waals surface area contributed by atoms with E-state index in [0.717, 1.165) is 5.56 Å². The highest BCUT2D eigenvalue weighted by atomic mass is 35.5. The zero-order chi connectivity index (χ0) is 14.7. The van der Waals surface area contributed by atoms with Gasteiger partial charge in [-0.3, -0.25) is 10.1 Å². The Balaban J connectivity index is 2.17. The maximum absolute atomic E-state index is 10.8. The number of hydrogen-bond donors (Lipinski definition) is 1. The largest absolute Gasteiger partial charge is 0.487 e. The normalized spacial score (nSPS) is 10.3. The van der Waals surface area contributed by atoms with Gasteiger partial charge in [0, 0.05) is 6.07 Å². The van der Waals surface area contributed by atoms with Crippen molar-refractivity contribution in [2.45, 2.75) is 13.5 Å². The molecular weight excluding hydrogens is 280 g/mol. The molecule has 0 atom stereocenters. The zero-order valence-electron chi connectivity index (χ0n) is 10.8. The molecule has 2 rings (SSSR count). The zero-order valence-corrected chi connectivity index (χ0v) is 11.6. The van der Waals surface area contributed by atoms with Crippen molar-refractivity contribution in [1.29, 1.82) is 0 Å². The molecule has 0 aliphatic carbocycles. The predicted octanol–water partition coefficient (Wildman–Crippen LogP) is 3.72. The third-order valence-corrected chi connectivity index (χ3v) is 3.08. The van der Waals surface area contributed by atoms with Gasteiger partial charge in [-0.15, -0.1) is 0 Å². The van der Waals surface area contributed by atoms with Crippen molar-refractivity contribution in [3.8, 4) is 5.75 Å². The third-order valence-electron chi connectivity index (χ3n) is 2.77. The molecule has 5 nitrogen and oxygen atoms in total. The Morgan fingerprint density at radius 2 is 2.05 bits per heavy atom. The quantitative estimate of drug-likeness (QED) is 0.529. The lowest BCUT2D eigenvalue weighted by Crippen LogP contribution is -2.00. The fraction of sp³-hybridized carbons (Fsp3) is 0.143. The first-order valence-corrected chi connectivity index (χ1v) is 6.27. The second-order valence-corrected chi connectivity index (χ2v) is 4.78. The Hall–Kier alpha value is -2.27. The average Bonchev–Trinajstić information content (AvgIpc) is 2.41. The van der Waals surface area contributed by atoms with Crippen LogP contribution in [0, 0.1) is 17.0 Å². The van der Waals surface area contributed by atoms with Crippen LogP contribution in [0.4, 0.5) is 11.4 Å². The van der Waals surface area contributed by atoms with Gasteiger partial charge < -0.3 is 10.5 Å². The van der Waals surface area contributed by atoms with Gasteiger partial charge in [0.05, 0.1) is 9.95 Å². The van der Waals surface area contributed by atoms with Gasteiger partial charge in [-0.1, -0.05) is 23.7 Å². The lowest BCUT2D eigenvalue weighted by atomic mass is 10.2. The minimum Gasteiger partial charge on any atom is -0.487 e. The number of hydrogen-bond acceptors (Lipinski definition) is 4. The van der Waals surface area contributed by atoms with Crippen LogP contribution in [0.25, 0.3) is 0 Å². The van der Waals surface area contributed by atoms with E-state index in [1.165, 1.54) is 12.1 Å². The summed E-state index contributed by atoms with van der Waals surface area (Å²) in [6.45, 7) is 2.11. The number of nitrogens with zero attached hydrogens (tertiary/aromatic N) is 1. The van der Waals surface area contributed by atoms with Crippen LogP contribution in [-0.2, 0) is 6.61 Å². The van der Waals surface area contributed by atoms with E-state index in [9.17, 15) is 10.1 Å². The SMILES string of the molecule is Cc1ccc(Cl)c(OCc2ccc(N)c([N+](=O)[O-])c2)c1. The molecule has 0 radical (unpaired) electrons. The molecule has 2 aromatic carbocycles. The van der Waals surface area contributed by atoms with Crippen molar-refractivity contribution < 1.29 is 9.66 Å². The molecule has 104 valence electrons. The highest BCUT2D eigenvalue weighted by Gasteiger charge is 2.12. The lowest BCUT2D eigenvalue weighted by molar-refractivity contribution is -0.384. The fourth-order valence-electron chi connectivity index (χ4n) is 1.72. The van der Waals surface area contributed by atoms with Crippen LogP contribution in [-0.4, -0.2) is 4.92 Å². The molecule has 20 heavy (non-hydrogen) atoms. The van der Waals surface area contributed by atoms with Gasteiger partial charge >= 0.3 is 0 Å². The summed E-state index contributed by atoms with van der Waals surface area (Å²) in [5, 5.41) is 11.3. The molecular formula is C14H13ClN2O3. The lowest BCUT2D eigenvalue weighted by Gasteiger charge is -2.09. The molecule has 0 aromatic heterocycles. The van der Waals surface area contributed by atoms with E-state index >= 15 is 0 Å². The Kier molecular flexibility index (Phi) is 4.10. The molecule has 2 aromatic rings. The van der Waals surface area contributed by atoms with E-state index < -0.39 is 4.92 Å². The van der Waals surface area contributed by atoms with Gasteiger partial charge in [0.1, 0.15) is 18.0 Å². The standard InChI is InChI=1S/C14H13ClN2O3/c1-9-2-4-11(15)14(6-9)20-8-10-3-5-12(16)13(7-10)17(18)19/h2-7H,8,16H2,1H3. The average molecular weight is 293 g/mol. The molecule has 0 spiro atoms. The van der Waals surface area contributed by atoms with E-state index in [1.807, 2.05) is 19.1 Å². The second kappa shape index (κ2) is 5.79. The molecule has 2 N–H and O–H groups in total. The molecule has 0 aliphatic heterocycles. The number of ether oxygens (including phenoxy) is 1. The number of aryl methyl sites for hydroxylation is 1. The van der Waals surface area contributed by atoms with Gasteiger partial charge in [-0.25, -0.2) is 0 Å². The van der Waals surface area contributed by atoms with Gasteiger partial charge in [-0.2, -0.15) is 0 Å². The summed E-state index contributed by atoms with van der Waals surface area (Å²) >= 11 is 6.02. The molecule has 0 amide bonds. The van der Waals surface area contributed by atoms with Crippen molar-refractivity contribution >= 4 is 23.0 Å². The van der Waals surface area contributed by atoms with E-state index in [4.69, 9.17) is 22.1 Å². The first kappa shape index (κ1) is 14.1. The maximum atomic E-state index is 10.8. The fourth-order valence-corrected chi connectivity index (χ4v) is 1.89. The Morgan fingerprint density at radius 3 is 2.75 bits per heavy atom. The van der Waals surface area contributed by atoms with Crippen molar-refractivity contribution in [1.82, 2.24) is 0 Å². The van der Waals surface area contributed by atoms with Crippen molar-refractivity contribution in [2.75, 3.05) is 5.73 Å². The monoisotopic (exact) mass is 292 g/mol. The summed E-state index contributed by atoms with van der Waals surface area (Å²) in [5.74, 6) is 0.547. The molecule has 0 aliphatic rings. The Bertz CT molecular complexity index is 659. The van der Waals surface area contributed by atoms with Crippen LogP contribution < -0.4 is 10.5 Å². The van der Waals surface area contributed by atoms with Gasteiger partial charge in [-0.05, 0) is 36.2 Å². The molecule has 0 saturated heterocycles. The number of benzene rings is 2. The minimum atomic E-state index is -0.515. The number of nitrogens with two attached hydrogens (primary N) is 1. The van der Waals surface area contributed by atoms with Crippen LogP contribution in [0.1, 0.15) is 11.1 Å². The second-order valence-electron chi connectivity index (χ2n) is 4.37. The number of nitrogen functional groups attached to an aromatic ring is 1.